The minimum atomic E-state index is -0.313. The van der Waals surface area contributed by atoms with Crippen LogP contribution in [0.4, 0.5) is 5.69 Å². The van der Waals surface area contributed by atoms with Crippen LogP contribution < -0.4 is 5.32 Å². The van der Waals surface area contributed by atoms with Gasteiger partial charge in [-0.1, -0.05) is 17.2 Å². The first-order valence-electron chi connectivity index (χ1n) is 5.31. The first-order valence-corrected chi connectivity index (χ1v) is 5.31. The van der Waals surface area contributed by atoms with Gasteiger partial charge in [-0.2, -0.15) is 0 Å². The van der Waals surface area contributed by atoms with Gasteiger partial charge in [0, 0.05) is 16.2 Å². The van der Waals surface area contributed by atoms with Gasteiger partial charge in [0.2, 0.25) is 0 Å². The molecule has 7 heteroatoms. The predicted octanol–water partition coefficient (Wildman–Crippen LogP) is 2.37. The summed E-state index contributed by atoms with van der Waals surface area (Å²) in [7, 11) is 0. The molecule has 0 bridgehead atoms. The molecule has 0 spiro atoms. The van der Waals surface area contributed by atoms with Gasteiger partial charge in [0.1, 0.15) is 0 Å². The van der Waals surface area contributed by atoms with Crippen molar-refractivity contribution in [3.63, 3.8) is 0 Å². The number of hydrogen-bond donors (Lipinski definition) is 2. The molecule has 0 heterocycles. The van der Waals surface area contributed by atoms with E-state index in [1.54, 1.807) is 31.2 Å². The van der Waals surface area contributed by atoms with E-state index in [9.17, 15) is 4.79 Å². The number of amides is 1. The van der Waals surface area contributed by atoms with Crippen LogP contribution >= 0.6 is 0 Å². The molecule has 0 atom stereocenters. The fraction of sp³-hybridized carbons (Fsp3) is 0.273. The highest BCUT2D eigenvalue weighted by Crippen LogP contribution is 2.12. The molecule has 0 aliphatic carbocycles. The summed E-state index contributed by atoms with van der Waals surface area (Å²) >= 11 is 0. The van der Waals surface area contributed by atoms with Crippen LogP contribution in [0.2, 0.25) is 0 Å². The van der Waals surface area contributed by atoms with Gasteiger partial charge in [-0.05, 0) is 24.6 Å². The zero-order chi connectivity index (χ0) is 13.4. The highest BCUT2D eigenvalue weighted by Gasteiger charge is 2.06. The van der Waals surface area contributed by atoms with Gasteiger partial charge >= 0.3 is 0 Å². The SMILES string of the molecule is CCOC(=N)CNC(=O)c1ccc(N=[N+]=[N-])cc1. The number of nitrogens with one attached hydrogen (secondary N) is 2. The van der Waals surface area contributed by atoms with E-state index in [1.807, 2.05) is 0 Å². The van der Waals surface area contributed by atoms with E-state index in [0.29, 0.717) is 17.9 Å². The summed E-state index contributed by atoms with van der Waals surface area (Å²) in [6, 6.07) is 6.18. The molecular formula is C11H13N5O2. The third-order valence-electron chi connectivity index (χ3n) is 2.02. The van der Waals surface area contributed by atoms with E-state index in [4.69, 9.17) is 15.7 Å². The molecule has 0 saturated heterocycles. The van der Waals surface area contributed by atoms with Crippen LogP contribution in [0.25, 0.3) is 10.4 Å². The van der Waals surface area contributed by atoms with Crippen LogP contribution in [0.1, 0.15) is 17.3 Å². The van der Waals surface area contributed by atoms with E-state index < -0.39 is 0 Å². The van der Waals surface area contributed by atoms with Crippen molar-refractivity contribution >= 4 is 17.5 Å². The highest BCUT2D eigenvalue weighted by molar-refractivity contribution is 5.96. The Hall–Kier alpha value is -2.53. The maximum atomic E-state index is 11.7. The number of azide groups is 1. The lowest BCUT2D eigenvalue weighted by molar-refractivity contribution is 0.0956. The number of carbonyl (C=O) groups is 1. The maximum Gasteiger partial charge on any atom is 0.251 e. The molecule has 18 heavy (non-hydrogen) atoms. The summed E-state index contributed by atoms with van der Waals surface area (Å²) in [4.78, 5) is 14.3. The van der Waals surface area contributed by atoms with Crippen LogP contribution in [0.5, 0.6) is 0 Å². The summed E-state index contributed by atoms with van der Waals surface area (Å²) in [5.74, 6) is -0.302. The Morgan fingerprint density at radius 1 is 1.50 bits per heavy atom. The Bertz CT molecular complexity index is 477. The topological polar surface area (TPSA) is 111 Å². The lowest BCUT2D eigenvalue weighted by atomic mass is 10.2. The first-order chi connectivity index (χ1) is 8.67. The van der Waals surface area contributed by atoms with Crippen molar-refractivity contribution in [3.8, 4) is 0 Å². The Labute approximate surface area is 104 Å². The first kappa shape index (κ1) is 13.5. The molecule has 7 nitrogen and oxygen atoms in total. The average molecular weight is 247 g/mol. The molecule has 1 rings (SSSR count). The summed E-state index contributed by atoms with van der Waals surface area (Å²) in [5.41, 5.74) is 9.10. The summed E-state index contributed by atoms with van der Waals surface area (Å²) in [5, 5.41) is 13.3. The molecule has 2 N–H and O–H groups in total. The molecule has 1 amide bonds. The second-order valence-electron chi connectivity index (χ2n) is 3.28. The van der Waals surface area contributed by atoms with Crippen LogP contribution in [0.3, 0.4) is 0 Å². The van der Waals surface area contributed by atoms with Crippen molar-refractivity contribution in [3.05, 3.63) is 40.3 Å². The second-order valence-corrected chi connectivity index (χ2v) is 3.28. The predicted molar refractivity (Wildman–Crippen MR) is 66.9 cm³/mol. The molecule has 0 aliphatic heterocycles. The van der Waals surface area contributed by atoms with E-state index in [1.165, 1.54) is 0 Å². The van der Waals surface area contributed by atoms with Crippen molar-refractivity contribution in [2.75, 3.05) is 13.2 Å². The zero-order valence-corrected chi connectivity index (χ0v) is 9.88. The van der Waals surface area contributed by atoms with Crippen LogP contribution in [0.15, 0.2) is 29.4 Å². The smallest absolute Gasteiger partial charge is 0.251 e. The maximum absolute atomic E-state index is 11.7. The summed E-state index contributed by atoms with van der Waals surface area (Å²) in [6.07, 6.45) is 0. The van der Waals surface area contributed by atoms with Gasteiger partial charge in [-0.15, -0.1) is 0 Å². The minimum absolute atomic E-state index is 0.0107. The standard InChI is InChI=1S/C11H13N5O2/c1-2-18-10(12)7-14-11(17)8-3-5-9(6-4-8)15-16-13/h3-6,12H,2,7H2,1H3,(H,14,17). The number of rotatable bonds is 5. The quantitative estimate of drug-likeness (QED) is 0.273. The molecule has 0 saturated carbocycles. The lowest BCUT2D eigenvalue weighted by Crippen LogP contribution is -2.30. The third kappa shape index (κ3) is 4.15. The molecule has 94 valence electrons. The fourth-order valence-corrected chi connectivity index (χ4v) is 1.22. The van der Waals surface area contributed by atoms with E-state index >= 15 is 0 Å². The zero-order valence-electron chi connectivity index (χ0n) is 9.88. The van der Waals surface area contributed by atoms with Crippen molar-refractivity contribution in [2.45, 2.75) is 6.92 Å². The van der Waals surface area contributed by atoms with Gasteiger partial charge in [0.15, 0.2) is 5.90 Å². The molecule has 0 fully saturated rings. The van der Waals surface area contributed by atoms with Crippen LogP contribution in [-0.2, 0) is 4.74 Å². The van der Waals surface area contributed by atoms with Crippen molar-refractivity contribution in [2.24, 2.45) is 5.11 Å². The Morgan fingerprint density at radius 2 is 2.17 bits per heavy atom. The molecule has 0 aromatic heterocycles. The molecule has 0 radical (unpaired) electrons. The van der Waals surface area contributed by atoms with E-state index in [-0.39, 0.29) is 18.3 Å². The normalized spacial score (nSPS) is 9.17. The Kier molecular flexibility index (Phi) is 5.21. The Balaban J connectivity index is 2.56. The van der Waals surface area contributed by atoms with Gasteiger partial charge in [-0.25, -0.2) is 0 Å². The lowest BCUT2D eigenvalue weighted by Gasteiger charge is -2.07. The molecule has 0 aliphatic rings. The van der Waals surface area contributed by atoms with Crippen molar-refractivity contribution in [1.82, 2.24) is 5.32 Å². The van der Waals surface area contributed by atoms with E-state index in [2.05, 4.69) is 15.3 Å². The number of nitrogens with zero attached hydrogens (tertiary/aromatic N) is 3. The monoisotopic (exact) mass is 247 g/mol. The Morgan fingerprint density at radius 3 is 2.72 bits per heavy atom. The summed E-state index contributed by atoms with van der Waals surface area (Å²) in [6.45, 7) is 2.21. The van der Waals surface area contributed by atoms with Gasteiger partial charge < -0.3 is 10.1 Å². The minimum Gasteiger partial charge on any atom is -0.480 e. The number of carbonyl (C=O) groups excluding carboxylic acids is 1. The van der Waals surface area contributed by atoms with Crippen LogP contribution in [0, 0.1) is 5.41 Å². The molecule has 1 aromatic rings. The fourth-order valence-electron chi connectivity index (χ4n) is 1.22. The molecule has 1 aromatic carbocycles. The van der Waals surface area contributed by atoms with E-state index in [0.717, 1.165) is 0 Å². The molecule has 0 unspecified atom stereocenters. The van der Waals surface area contributed by atoms with Gasteiger partial charge in [0.05, 0.1) is 13.2 Å². The number of ether oxygens (including phenoxy) is 1. The second kappa shape index (κ2) is 6.93. The highest BCUT2D eigenvalue weighted by atomic mass is 16.5. The van der Waals surface area contributed by atoms with Crippen LogP contribution in [-0.4, -0.2) is 25.0 Å². The molecular weight excluding hydrogens is 234 g/mol. The number of benzene rings is 1. The summed E-state index contributed by atoms with van der Waals surface area (Å²) < 4.78 is 4.89. The van der Waals surface area contributed by atoms with Gasteiger partial charge in [-0.3, -0.25) is 10.2 Å². The third-order valence-corrected chi connectivity index (χ3v) is 2.02. The van der Waals surface area contributed by atoms with Crippen molar-refractivity contribution < 1.29 is 9.53 Å². The average Bonchev–Trinajstić information content (AvgIpc) is 2.37. The van der Waals surface area contributed by atoms with Crippen molar-refractivity contribution in [1.29, 1.82) is 5.41 Å². The van der Waals surface area contributed by atoms with Gasteiger partial charge in [0.25, 0.3) is 5.91 Å². The largest absolute Gasteiger partial charge is 0.480 e. The number of hydrogen-bond acceptors (Lipinski definition) is 4.